The molecule has 0 aromatic rings. The number of allylic oxidation sites excluding steroid dienone is 3. The van der Waals surface area contributed by atoms with Crippen LogP contribution in [0.1, 0.15) is 86.0 Å². The third-order valence-electron chi connectivity index (χ3n) is 11.8. The maximum Gasteiger partial charge on any atom is 0.0261 e. The van der Waals surface area contributed by atoms with Gasteiger partial charge in [0.05, 0.1) is 0 Å². The van der Waals surface area contributed by atoms with Gasteiger partial charge in [0.15, 0.2) is 0 Å². The van der Waals surface area contributed by atoms with Gasteiger partial charge in [-0.3, -0.25) is 0 Å². The number of fused-ring (bicyclic) bond motifs is 5. The van der Waals surface area contributed by atoms with Crippen molar-refractivity contribution in [3.63, 3.8) is 0 Å². The third kappa shape index (κ3) is 3.41. The molecule has 0 spiro atoms. The van der Waals surface area contributed by atoms with Gasteiger partial charge in [-0.15, -0.1) is 0 Å². The predicted molar refractivity (Wildman–Crippen MR) is 136 cm³/mol. The Morgan fingerprint density at radius 2 is 1.81 bits per heavy atom. The number of hydrogen-bond donors (Lipinski definition) is 1. The summed E-state index contributed by atoms with van der Waals surface area (Å²) in [4.78, 5) is 2.69. The lowest BCUT2D eigenvalue weighted by Crippen LogP contribution is -2.52. The molecule has 10 unspecified atom stereocenters. The minimum Gasteiger partial charge on any atom is -0.324 e. The Labute approximate surface area is 198 Å². The minimum absolute atomic E-state index is 0.258. The second kappa shape index (κ2) is 8.26. The number of rotatable bonds is 4. The average molecular weight is 439 g/mol. The van der Waals surface area contributed by atoms with E-state index in [0.717, 1.165) is 41.5 Å². The average Bonchev–Trinajstić information content (AvgIpc) is 3.27. The highest BCUT2D eigenvalue weighted by atomic mass is 15.2. The smallest absolute Gasteiger partial charge is 0.0261 e. The molecule has 3 fully saturated rings. The summed E-state index contributed by atoms with van der Waals surface area (Å²) in [6.45, 7) is 14.1. The SMILES string of the molecule is CC(C)C1CCN(C)C1CC(C)C1CCC2C3=CCC4C(N)C=CCC4(C)C3CCC21C. The normalized spacial score (nSPS) is 49.5. The van der Waals surface area contributed by atoms with E-state index in [0.29, 0.717) is 16.7 Å². The summed E-state index contributed by atoms with van der Waals surface area (Å²) in [6.07, 6.45) is 18.4. The highest BCUT2D eigenvalue weighted by molar-refractivity contribution is 5.30. The Kier molecular flexibility index (Phi) is 5.98. The summed E-state index contributed by atoms with van der Waals surface area (Å²) in [5, 5.41) is 0. The van der Waals surface area contributed by atoms with E-state index in [1.807, 2.05) is 5.57 Å². The predicted octanol–water partition coefficient (Wildman–Crippen LogP) is 6.67. The van der Waals surface area contributed by atoms with E-state index in [1.165, 1.54) is 57.9 Å². The minimum atomic E-state index is 0.258. The van der Waals surface area contributed by atoms with E-state index in [4.69, 9.17) is 5.73 Å². The first-order valence-electron chi connectivity index (χ1n) is 14.0. The molecule has 1 saturated heterocycles. The first-order chi connectivity index (χ1) is 15.2. The Morgan fingerprint density at radius 3 is 2.56 bits per heavy atom. The van der Waals surface area contributed by atoms with Crippen molar-refractivity contribution in [2.24, 2.45) is 58.0 Å². The maximum absolute atomic E-state index is 6.59. The molecule has 10 atom stereocenters. The monoisotopic (exact) mass is 438 g/mol. The molecule has 0 radical (unpaired) electrons. The van der Waals surface area contributed by atoms with Gasteiger partial charge in [-0.1, -0.05) is 58.4 Å². The van der Waals surface area contributed by atoms with E-state index in [9.17, 15) is 0 Å². The van der Waals surface area contributed by atoms with Gasteiger partial charge in [0.2, 0.25) is 0 Å². The van der Waals surface area contributed by atoms with E-state index in [2.05, 4.69) is 64.8 Å². The van der Waals surface area contributed by atoms with Gasteiger partial charge < -0.3 is 10.6 Å². The zero-order valence-electron chi connectivity index (χ0n) is 21.8. The fourth-order valence-electron chi connectivity index (χ4n) is 9.98. The highest BCUT2D eigenvalue weighted by Gasteiger charge is 2.58. The number of likely N-dealkylation sites (tertiary alicyclic amines) is 1. The number of nitrogens with zero attached hydrogens (tertiary/aromatic N) is 1. The number of hydrogen-bond acceptors (Lipinski definition) is 2. The molecule has 2 N–H and O–H groups in total. The van der Waals surface area contributed by atoms with Crippen LogP contribution in [0, 0.1) is 52.3 Å². The van der Waals surface area contributed by atoms with Gasteiger partial charge in [-0.2, -0.15) is 0 Å². The van der Waals surface area contributed by atoms with Crippen molar-refractivity contribution in [2.75, 3.05) is 13.6 Å². The molecule has 1 aliphatic heterocycles. The quantitative estimate of drug-likeness (QED) is 0.497. The van der Waals surface area contributed by atoms with Crippen LogP contribution in [0.3, 0.4) is 0 Å². The second-order valence-corrected chi connectivity index (χ2v) is 13.6. The zero-order valence-corrected chi connectivity index (χ0v) is 21.8. The molecule has 2 nitrogen and oxygen atoms in total. The van der Waals surface area contributed by atoms with Crippen LogP contribution in [0.15, 0.2) is 23.8 Å². The van der Waals surface area contributed by atoms with E-state index in [-0.39, 0.29) is 6.04 Å². The van der Waals surface area contributed by atoms with Crippen LogP contribution in [0.4, 0.5) is 0 Å². The summed E-state index contributed by atoms with van der Waals surface area (Å²) in [5.74, 6) is 5.70. The molecule has 4 aliphatic carbocycles. The molecule has 1 heterocycles. The van der Waals surface area contributed by atoms with Crippen molar-refractivity contribution in [1.82, 2.24) is 4.90 Å². The van der Waals surface area contributed by atoms with Crippen molar-refractivity contribution in [1.29, 1.82) is 0 Å². The van der Waals surface area contributed by atoms with E-state index < -0.39 is 0 Å². The van der Waals surface area contributed by atoms with Crippen molar-refractivity contribution in [3.8, 4) is 0 Å². The second-order valence-electron chi connectivity index (χ2n) is 13.6. The Hall–Kier alpha value is -0.600. The Bertz CT molecular complexity index is 767. The van der Waals surface area contributed by atoms with E-state index >= 15 is 0 Å². The van der Waals surface area contributed by atoms with E-state index in [1.54, 1.807) is 0 Å². The van der Waals surface area contributed by atoms with Crippen molar-refractivity contribution >= 4 is 0 Å². The molecule has 2 heteroatoms. The van der Waals surface area contributed by atoms with Crippen molar-refractivity contribution in [2.45, 2.75) is 98.1 Å². The molecule has 0 aromatic heterocycles. The highest BCUT2D eigenvalue weighted by Crippen LogP contribution is 2.66. The largest absolute Gasteiger partial charge is 0.324 e. The molecule has 0 amide bonds. The topological polar surface area (TPSA) is 29.3 Å². The molecule has 5 rings (SSSR count). The van der Waals surface area contributed by atoms with Crippen LogP contribution in [-0.2, 0) is 0 Å². The van der Waals surface area contributed by atoms with Gasteiger partial charge in [0, 0.05) is 12.1 Å². The summed E-state index contributed by atoms with van der Waals surface area (Å²) in [7, 11) is 2.39. The zero-order chi connectivity index (χ0) is 22.8. The van der Waals surface area contributed by atoms with Gasteiger partial charge in [-0.25, -0.2) is 0 Å². The molecule has 5 aliphatic rings. The number of nitrogens with two attached hydrogens (primary N) is 1. The summed E-state index contributed by atoms with van der Waals surface area (Å²) >= 11 is 0. The molecule has 0 bridgehead atoms. The fourth-order valence-corrected chi connectivity index (χ4v) is 9.98. The lowest BCUT2D eigenvalue weighted by Gasteiger charge is -2.57. The van der Waals surface area contributed by atoms with Gasteiger partial charge in [0.1, 0.15) is 0 Å². The van der Waals surface area contributed by atoms with Gasteiger partial charge in [-0.05, 0) is 117 Å². The standard InChI is InChI=1S/C30H50N2/c1-19(2)21-14-17-32(6)28(21)18-20(3)23-11-12-24-22-9-10-26-27(31)8-7-15-29(26,4)25(22)13-16-30(23,24)5/h7-9,19-21,23-28H,10-18,31H2,1-6H3. The fraction of sp³-hybridized carbons (Fsp3) is 0.867. The van der Waals surface area contributed by atoms with Crippen LogP contribution in [0.5, 0.6) is 0 Å². The van der Waals surface area contributed by atoms with Crippen LogP contribution < -0.4 is 5.73 Å². The Balaban J connectivity index is 1.35. The van der Waals surface area contributed by atoms with Crippen LogP contribution in [0.25, 0.3) is 0 Å². The molecular weight excluding hydrogens is 388 g/mol. The van der Waals surface area contributed by atoms with Crippen LogP contribution >= 0.6 is 0 Å². The molecule has 180 valence electrons. The molecule has 32 heavy (non-hydrogen) atoms. The lowest BCUT2D eigenvalue weighted by atomic mass is 9.48. The summed E-state index contributed by atoms with van der Waals surface area (Å²) in [5.41, 5.74) is 9.37. The van der Waals surface area contributed by atoms with Crippen LogP contribution in [-0.4, -0.2) is 30.6 Å². The first-order valence-corrected chi connectivity index (χ1v) is 14.0. The third-order valence-corrected chi connectivity index (χ3v) is 11.8. The lowest BCUT2D eigenvalue weighted by molar-refractivity contribution is 0.00518. The molecule has 0 aromatic carbocycles. The van der Waals surface area contributed by atoms with Crippen molar-refractivity contribution < 1.29 is 0 Å². The first kappa shape index (κ1) is 23.2. The maximum atomic E-state index is 6.59. The van der Waals surface area contributed by atoms with Crippen LogP contribution in [0.2, 0.25) is 0 Å². The van der Waals surface area contributed by atoms with Gasteiger partial charge in [0.25, 0.3) is 0 Å². The molecule has 2 saturated carbocycles. The summed E-state index contributed by atoms with van der Waals surface area (Å²) < 4.78 is 0. The van der Waals surface area contributed by atoms with Crippen molar-refractivity contribution in [3.05, 3.63) is 23.8 Å². The molecular formula is C30H50N2. The van der Waals surface area contributed by atoms with Gasteiger partial charge >= 0.3 is 0 Å². The summed E-state index contributed by atoms with van der Waals surface area (Å²) in [6, 6.07) is 1.06. The Morgan fingerprint density at radius 1 is 1.06 bits per heavy atom.